The Hall–Kier alpha value is -0.730. The molecule has 0 spiro atoms. The van der Waals surface area contributed by atoms with Crippen molar-refractivity contribution in [2.45, 2.75) is 18.8 Å². The van der Waals surface area contributed by atoms with Crippen molar-refractivity contribution in [2.24, 2.45) is 0 Å². The van der Waals surface area contributed by atoms with Crippen LogP contribution in [0, 0.1) is 0 Å². The Morgan fingerprint density at radius 3 is 2.71 bits per heavy atom. The molecule has 3 heteroatoms. The number of methoxy groups -OCH3 is 1. The summed E-state index contributed by atoms with van der Waals surface area (Å²) in [6.45, 7) is 2.12. The van der Waals surface area contributed by atoms with Gasteiger partial charge in [0, 0.05) is 5.56 Å². The van der Waals surface area contributed by atoms with Crippen LogP contribution in [0.4, 0.5) is 0 Å². The van der Waals surface area contributed by atoms with Gasteiger partial charge in [0.2, 0.25) is 0 Å². The van der Waals surface area contributed by atoms with Crippen molar-refractivity contribution in [3.05, 3.63) is 29.3 Å². The minimum Gasteiger partial charge on any atom is -0.496 e. The Bertz CT molecular complexity index is 301. The minimum atomic E-state index is -0.198. The van der Waals surface area contributed by atoms with E-state index in [0.717, 1.165) is 17.7 Å². The highest BCUT2D eigenvalue weighted by molar-refractivity contribution is 6.20. The summed E-state index contributed by atoms with van der Waals surface area (Å²) in [7, 11) is 3.49. The van der Waals surface area contributed by atoms with Gasteiger partial charge >= 0.3 is 0 Å². The van der Waals surface area contributed by atoms with E-state index in [1.165, 1.54) is 5.56 Å². The number of ether oxygens (including phenoxy) is 1. The van der Waals surface area contributed by atoms with Gasteiger partial charge < -0.3 is 10.1 Å². The van der Waals surface area contributed by atoms with Crippen LogP contribution < -0.4 is 10.1 Å². The zero-order chi connectivity index (χ0) is 10.6. The first-order chi connectivity index (χ1) is 6.72. The standard InChI is InChI=1S/C11H16ClNO/c1-4-8-5-6-10(14-3)9(7-8)11(12)13-2/h5-7,11,13H,4H2,1-3H3. The van der Waals surface area contributed by atoms with Gasteiger partial charge in [-0.3, -0.25) is 0 Å². The van der Waals surface area contributed by atoms with Gasteiger partial charge in [-0.25, -0.2) is 0 Å². The number of hydrogen-bond donors (Lipinski definition) is 1. The summed E-state index contributed by atoms with van der Waals surface area (Å²) in [6.07, 6.45) is 1.00. The number of benzene rings is 1. The molecule has 0 aliphatic carbocycles. The fraction of sp³-hybridized carbons (Fsp3) is 0.455. The monoisotopic (exact) mass is 213 g/mol. The van der Waals surface area contributed by atoms with Gasteiger partial charge in [0.1, 0.15) is 11.3 Å². The van der Waals surface area contributed by atoms with E-state index in [1.807, 2.05) is 13.1 Å². The van der Waals surface area contributed by atoms with Crippen LogP contribution in [0.1, 0.15) is 23.6 Å². The summed E-state index contributed by atoms with van der Waals surface area (Å²) in [6, 6.07) is 6.09. The third-order valence-electron chi connectivity index (χ3n) is 2.23. The van der Waals surface area contributed by atoms with Crippen LogP contribution in [0.2, 0.25) is 0 Å². The molecule has 1 atom stereocenters. The lowest BCUT2D eigenvalue weighted by Crippen LogP contribution is -2.11. The predicted molar refractivity (Wildman–Crippen MR) is 60.0 cm³/mol. The summed E-state index contributed by atoms with van der Waals surface area (Å²) in [4.78, 5) is 0. The molecule has 14 heavy (non-hydrogen) atoms. The number of rotatable bonds is 4. The predicted octanol–water partition coefficient (Wildman–Crippen LogP) is 2.71. The molecule has 0 saturated carbocycles. The van der Waals surface area contributed by atoms with E-state index < -0.39 is 0 Å². The zero-order valence-corrected chi connectivity index (χ0v) is 9.56. The average molecular weight is 214 g/mol. The molecule has 1 aromatic rings. The summed E-state index contributed by atoms with van der Waals surface area (Å²) < 4.78 is 5.24. The van der Waals surface area contributed by atoms with Crippen molar-refractivity contribution >= 4 is 11.6 Å². The van der Waals surface area contributed by atoms with Gasteiger partial charge in [0.25, 0.3) is 0 Å². The highest BCUT2D eigenvalue weighted by Gasteiger charge is 2.11. The van der Waals surface area contributed by atoms with Crippen molar-refractivity contribution in [1.29, 1.82) is 0 Å². The lowest BCUT2D eigenvalue weighted by atomic mass is 10.1. The third-order valence-corrected chi connectivity index (χ3v) is 2.68. The molecular weight excluding hydrogens is 198 g/mol. The summed E-state index contributed by atoms with van der Waals surface area (Å²) in [5.74, 6) is 0.830. The molecule has 1 aromatic carbocycles. The first-order valence-corrected chi connectivity index (χ1v) is 5.14. The smallest absolute Gasteiger partial charge is 0.124 e. The SMILES string of the molecule is CCc1ccc(OC)c(C(Cl)NC)c1. The van der Waals surface area contributed by atoms with Crippen LogP contribution in [0.15, 0.2) is 18.2 Å². The van der Waals surface area contributed by atoms with Crippen LogP contribution in [0.5, 0.6) is 5.75 Å². The van der Waals surface area contributed by atoms with Crippen LogP contribution in [-0.4, -0.2) is 14.2 Å². The second-order valence-electron chi connectivity index (χ2n) is 3.08. The Morgan fingerprint density at radius 1 is 1.50 bits per heavy atom. The quantitative estimate of drug-likeness (QED) is 0.614. The van der Waals surface area contributed by atoms with Gasteiger partial charge in [-0.15, -0.1) is 11.6 Å². The van der Waals surface area contributed by atoms with E-state index in [0.29, 0.717) is 0 Å². The maximum absolute atomic E-state index is 6.11. The van der Waals surface area contributed by atoms with E-state index in [2.05, 4.69) is 24.4 Å². The lowest BCUT2D eigenvalue weighted by Gasteiger charge is -2.14. The normalized spacial score (nSPS) is 12.6. The van der Waals surface area contributed by atoms with E-state index in [1.54, 1.807) is 7.11 Å². The first kappa shape index (κ1) is 11.3. The highest BCUT2D eigenvalue weighted by atomic mass is 35.5. The lowest BCUT2D eigenvalue weighted by molar-refractivity contribution is 0.407. The van der Waals surface area contributed by atoms with E-state index in [-0.39, 0.29) is 5.50 Å². The molecule has 0 aliphatic rings. The molecular formula is C11H16ClNO. The van der Waals surface area contributed by atoms with Gasteiger partial charge in [-0.2, -0.15) is 0 Å². The maximum atomic E-state index is 6.11. The largest absolute Gasteiger partial charge is 0.496 e. The van der Waals surface area contributed by atoms with Gasteiger partial charge in [-0.05, 0) is 31.2 Å². The molecule has 1 unspecified atom stereocenters. The number of nitrogens with one attached hydrogen (secondary N) is 1. The Labute approximate surface area is 90.2 Å². The van der Waals surface area contributed by atoms with Gasteiger partial charge in [0.05, 0.1) is 7.11 Å². The zero-order valence-electron chi connectivity index (χ0n) is 8.80. The Balaban J connectivity index is 3.08. The number of aryl methyl sites for hydroxylation is 1. The topological polar surface area (TPSA) is 21.3 Å². The average Bonchev–Trinajstić information content (AvgIpc) is 2.27. The van der Waals surface area contributed by atoms with E-state index in [4.69, 9.17) is 16.3 Å². The van der Waals surface area contributed by atoms with E-state index >= 15 is 0 Å². The molecule has 0 saturated heterocycles. The highest BCUT2D eigenvalue weighted by Crippen LogP contribution is 2.28. The minimum absolute atomic E-state index is 0.198. The van der Waals surface area contributed by atoms with Crippen LogP contribution in [0.25, 0.3) is 0 Å². The molecule has 1 rings (SSSR count). The number of alkyl halides is 1. The van der Waals surface area contributed by atoms with Crippen molar-refractivity contribution < 1.29 is 4.74 Å². The second-order valence-corrected chi connectivity index (χ2v) is 3.52. The second kappa shape index (κ2) is 5.23. The molecule has 1 N–H and O–H groups in total. The number of hydrogen-bond acceptors (Lipinski definition) is 2. The Morgan fingerprint density at radius 2 is 2.21 bits per heavy atom. The molecule has 0 amide bonds. The molecule has 0 aromatic heterocycles. The Kier molecular flexibility index (Phi) is 4.23. The fourth-order valence-corrected chi connectivity index (χ4v) is 1.53. The molecule has 0 heterocycles. The summed E-state index contributed by atoms with van der Waals surface area (Å²) >= 11 is 6.11. The molecule has 0 bridgehead atoms. The van der Waals surface area contributed by atoms with Crippen molar-refractivity contribution in [3.8, 4) is 5.75 Å². The number of halogens is 1. The molecule has 0 fully saturated rings. The molecule has 2 nitrogen and oxygen atoms in total. The van der Waals surface area contributed by atoms with Crippen molar-refractivity contribution in [1.82, 2.24) is 5.32 Å². The van der Waals surface area contributed by atoms with Crippen molar-refractivity contribution in [3.63, 3.8) is 0 Å². The van der Waals surface area contributed by atoms with Crippen LogP contribution in [0.3, 0.4) is 0 Å². The third kappa shape index (κ3) is 2.40. The van der Waals surface area contributed by atoms with Crippen LogP contribution >= 0.6 is 11.6 Å². The van der Waals surface area contributed by atoms with Gasteiger partial charge in [0.15, 0.2) is 0 Å². The molecule has 0 aliphatic heterocycles. The molecule has 0 radical (unpaired) electrons. The summed E-state index contributed by atoms with van der Waals surface area (Å²) in [5.41, 5.74) is 2.06. The van der Waals surface area contributed by atoms with Gasteiger partial charge in [-0.1, -0.05) is 13.0 Å². The first-order valence-electron chi connectivity index (χ1n) is 4.71. The fourth-order valence-electron chi connectivity index (χ4n) is 1.36. The van der Waals surface area contributed by atoms with E-state index in [9.17, 15) is 0 Å². The van der Waals surface area contributed by atoms with Crippen LogP contribution in [-0.2, 0) is 6.42 Å². The van der Waals surface area contributed by atoms with Crippen molar-refractivity contribution in [2.75, 3.05) is 14.2 Å². The maximum Gasteiger partial charge on any atom is 0.124 e. The summed E-state index contributed by atoms with van der Waals surface area (Å²) in [5, 5.41) is 2.99. The molecule has 78 valence electrons.